The number of carboxylic acids is 1. The Kier molecular flexibility index (Phi) is 6.88. The summed E-state index contributed by atoms with van der Waals surface area (Å²) in [5.74, 6) is 0.00777. The number of unbranched alkanes of at least 4 members (excludes halogenated alkanes) is 1. The van der Waals surface area contributed by atoms with Crippen molar-refractivity contribution in [3.8, 4) is 16.9 Å². The van der Waals surface area contributed by atoms with Crippen molar-refractivity contribution in [3.63, 3.8) is 0 Å². The molecular formula is C24H28F2O3. The van der Waals surface area contributed by atoms with Crippen LogP contribution in [0.15, 0.2) is 48.5 Å². The number of carboxylic acid groups (broad SMARTS) is 1. The van der Waals surface area contributed by atoms with Gasteiger partial charge in [0.2, 0.25) is 0 Å². The van der Waals surface area contributed by atoms with Crippen LogP contribution in [-0.2, 0) is 10.2 Å². The topological polar surface area (TPSA) is 46.5 Å². The van der Waals surface area contributed by atoms with Gasteiger partial charge in [-0.25, -0.2) is 0 Å². The van der Waals surface area contributed by atoms with Gasteiger partial charge in [0.15, 0.2) is 0 Å². The number of ether oxygens (including phenoxy) is 1. The Balaban J connectivity index is 1.74. The predicted octanol–water partition coefficient (Wildman–Crippen LogP) is 6.66. The second kappa shape index (κ2) is 9.38. The van der Waals surface area contributed by atoms with Crippen LogP contribution in [0.5, 0.6) is 5.75 Å². The van der Waals surface area contributed by atoms with Gasteiger partial charge in [-0.1, -0.05) is 62.6 Å². The summed E-state index contributed by atoms with van der Waals surface area (Å²) >= 11 is 0. The van der Waals surface area contributed by atoms with Crippen LogP contribution >= 0.6 is 0 Å². The molecule has 1 saturated carbocycles. The average Bonchev–Trinajstić information content (AvgIpc) is 2.73. The second-order valence-electron chi connectivity index (χ2n) is 7.95. The van der Waals surface area contributed by atoms with E-state index in [2.05, 4.69) is 11.7 Å². The number of hydrogen-bond acceptors (Lipinski definition) is 2. The number of rotatable bonds is 8. The summed E-state index contributed by atoms with van der Waals surface area (Å²) in [4.78, 5) is 12.2. The van der Waals surface area contributed by atoms with Gasteiger partial charge >= 0.3 is 12.6 Å². The second-order valence-corrected chi connectivity index (χ2v) is 7.95. The van der Waals surface area contributed by atoms with Gasteiger partial charge < -0.3 is 9.84 Å². The first kappa shape index (κ1) is 21.3. The third-order valence-electron chi connectivity index (χ3n) is 6.18. The summed E-state index contributed by atoms with van der Waals surface area (Å²) in [6.07, 6.45) is 6.85. The van der Waals surface area contributed by atoms with E-state index in [9.17, 15) is 18.7 Å². The van der Waals surface area contributed by atoms with Crippen molar-refractivity contribution >= 4 is 5.97 Å². The standard InChI is InChI=1S/C24H28F2O3/c1-2-3-4-17-13-15-24(16-14-17,22(27)28)20-9-5-18(6-10-20)19-7-11-21(12-8-19)29-23(25)26/h5-12,17,23H,2-4,13-16H2,1H3,(H,27,28). The number of alkyl halides is 2. The van der Waals surface area contributed by atoms with Crippen molar-refractivity contribution in [2.75, 3.05) is 0 Å². The Morgan fingerprint density at radius 3 is 2.10 bits per heavy atom. The largest absolute Gasteiger partial charge is 0.481 e. The lowest BCUT2D eigenvalue weighted by Gasteiger charge is -2.37. The van der Waals surface area contributed by atoms with Gasteiger partial charge in [0.05, 0.1) is 5.41 Å². The van der Waals surface area contributed by atoms with Crippen LogP contribution in [0, 0.1) is 5.92 Å². The lowest BCUT2D eigenvalue weighted by Crippen LogP contribution is -2.39. The molecule has 29 heavy (non-hydrogen) atoms. The third kappa shape index (κ3) is 4.95. The Morgan fingerprint density at radius 2 is 1.62 bits per heavy atom. The minimum absolute atomic E-state index is 0.116. The van der Waals surface area contributed by atoms with Crippen molar-refractivity contribution in [3.05, 3.63) is 54.1 Å². The van der Waals surface area contributed by atoms with Crippen molar-refractivity contribution in [1.82, 2.24) is 0 Å². The van der Waals surface area contributed by atoms with Gasteiger partial charge in [-0.2, -0.15) is 8.78 Å². The number of benzene rings is 2. The van der Waals surface area contributed by atoms with E-state index in [0.29, 0.717) is 18.8 Å². The highest BCUT2D eigenvalue weighted by molar-refractivity contribution is 5.82. The van der Waals surface area contributed by atoms with E-state index in [4.69, 9.17) is 0 Å². The first-order valence-corrected chi connectivity index (χ1v) is 10.3. The molecule has 0 spiro atoms. The Hall–Kier alpha value is -2.43. The van der Waals surface area contributed by atoms with E-state index in [1.165, 1.54) is 31.4 Å². The minimum Gasteiger partial charge on any atom is -0.481 e. The SMILES string of the molecule is CCCCC1CCC(C(=O)O)(c2ccc(-c3ccc(OC(F)F)cc3)cc2)CC1. The van der Waals surface area contributed by atoms with Crippen LogP contribution < -0.4 is 4.74 Å². The van der Waals surface area contributed by atoms with E-state index < -0.39 is 18.0 Å². The molecule has 3 rings (SSSR count). The van der Waals surface area contributed by atoms with E-state index in [1.807, 2.05) is 24.3 Å². The molecule has 1 N–H and O–H groups in total. The quantitative estimate of drug-likeness (QED) is 0.537. The molecule has 0 atom stereocenters. The molecule has 5 heteroatoms. The average molecular weight is 402 g/mol. The van der Waals surface area contributed by atoms with E-state index in [0.717, 1.165) is 29.5 Å². The number of aliphatic carboxylic acids is 1. The van der Waals surface area contributed by atoms with Crippen LogP contribution in [-0.4, -0.2) is 17.7 Å². The molecule has 0 aromatic heterocycles. The lowest BCUT2D eigenvalue weighted by atomic mass is 9.66. The van der Waals surface area contributed by atoms with Gasteiger partial charge in [0.25, 0.3) is 0 Å². The van der Waals surface area contributed by atoms with E-state index in [1.54, 1.807) is 12.1 Å². The van der Waals surface area contributed by atoms with Gasteiger partial charge in [-0.3, -0.25) is 4.79 Å². The Morgan fingerprint density at radius 1 is 1.07 bits per heavy atom. The van der Waals surface area contributed by atoms with Gasteiger partial charge in [-0.15, -0.1) is 0 Å². The molecule has 0 heterocycles. The Labute approximate surface area is 170 Å². The molecule has 0 unspecified atom stereocenters. The molecule has 2 aromatic rings. The molecule has 1 aliphatic carbocycles. The van der Waals surface area contributed by atoms with Crippen molar-refractivity contribution in [2.24, 2.45) is 5.92 Å². The van der Waals surface area contributed by atoms with Crippen LogP contribution in [0.2, 0.25) is 0 Å². The normalized spacial score (nSPS) is 21.9. The molecule has 3 nitrogen and oxygen atoms in total. The number of hydrogen-bond donors (Lipinski definition) is 1. The number of halogens is 2. The molecule has 156 valence electrons. The van der Waals surface area contributed by atoms with Crippen molar-refractivity contribution in [1.29, 1.82) is 0 Å². The fourth-order valence-corrected chi connectivity index (χ4v) is 4.39. The zero-order valence-corrected chi connectivity index (χ0v) is 16.7. The van der Waals surface area contributed by atoms with Crippen LogP contribution in [0.1, 0.15) is 57.4 Å². The van der Waals surface area contributed by atoms with Gasteiger partial charge in [0, 0.05) is 0 Å². The highest BCUT2D eigenvalue weighted by Crippen LogP contribution is 2.43. The fraction of sp³-hybridized carbons (Fsp3) is 0.458. The van der Waals surface area contributed by atoms with Gasteiger partial charge in [-0.05, 0) is 60.4 Å². The Bertz CT molecular complexity index is 792. The zero-order valence-electron chi connectivity index (χ0n) is 16.7. The summed E-state index contributed by atoms with van der Waals surface area (Å²) in [5.41, 5.74) is 1.82. The maximum absolute atomic E-state index is 12.3. The monoisotopic (exact) mass is 402 g/mol. The van der Waals surface area contributed by atoms with Crippen LogP contribution in [0.3, 0.4) is 0 Å². The molecule has 1 aliphatic rings. The van der Waals surface area contributed by atoms with E-state index in [-0.39, 0.29) is 5.75 Å². The lowest BCUT2D eigenvalue weighted by molar-refractivity contribution is -0.145. The summed E-state index contributed by atoms with van der Waals surface area (Å²) in [7, 11) is 0. The molecule has 0 saturated heterocycles. The molecule has 0 bridgehead atoms. The summed E-state index contributed by atoms with van der Waals surface area (Å²) in [5, 5.41) is 10.0. The smallest absolute Gasteiger partial charge is 0.387 e. The third-order valence-corrected chi connectivity index (χ3v) is 6.18. The molecular weight excluding hydrogens is 374 g/mol. The predicted molar refractivity (Wildman–Crippen MR) is 109 cm³/mol. The molecule has 0 amide bonds. The van der Waals surface area contributed by atoms with Crippen LogP contribution in [0.25, 0.3) is 11.1 Å². The highest BCUT2D eigenvalue weighted by atomic mass is 19.3. The highest BCUT2D eigenvalue weighted by Gasteiger charge is 2.43. The van der Waals surface area contributed by atoms with Crippen LogP contribution in [0.4, 0.5) is 8.78 Å². The summed E-state index contributed by atoms with van der Waals surface area (Å²) in [6, 6.07) is 14.1. The molecule has 1 fully saturated rings. The maximum atomic E-state index is 12.3. The molecule has 2 aromatic carbocycles. The molecule has 0 aliphatic heterocycles. The number of carbonyl (C=O) groups is 1. The summed E-state index contributed by atoms with van der Waals surface area (Å²) < 4.78 is 28.9. The van der Waals surface area contributed by atoms with E-state index >= 15 is 0 Å². The van der Waals surface area contributed by atoms with Crippen molar-refractivity contribution in [2.45, 2.75) is 63.9 Å². The summed E-state index contributed by atoms with van der Waals surface area (Å²) in [6.45, 7) is -0.657. The first-order chi connectivity index (χ1) is 13.9. The zero-order chi connectivity index (χ0) is 20.9. The van der Waals surface area contributed by atoms with Crippen molar-refractivity contribution < 1.29 is 23.4 Å². The molecule has 0 radical (unpaired) electrons. The minimum atomic E-state index is -2.84. The first-order valence-electron chi connectivity index (χ1n) is 10.3. The van der Waals surface area contributed by atoms with Gasteiger partial charge in [0.1, 0.15) is 5.75 Å². The maximum Gasteiger partial charge on any atom is 0.387 e. The fourth-order valence-electron chi connectivity index (χ4n) is 4.39.